The molecular formula is C27H22F6N2O5. The molecule has 0 radical (unpaired) electrons. The van der Waals surface area contributed by atoms with Gasteiger partial charge in [0.15, 0.2) is 6.61 Å². The highest BCUT2D eigenvalue weighted by Crippen LogP contribution is 2.35. The van der Waals surface area contributed by atoms with Crippen LogP contribution in [0.5, 0.6) is 11.5 Å². The third-order valence-corrected chi connectivity index (χ3v) is 5.10. The van der Waals surface area contributed by atoms with Crippen molar-refractivity contribution in [2.24, 2.45) is 0 Å². The SMILES string of the molecule is Nc1cc(N)cc(COC(=O)C=Cc2ccc(OC(=O)c3ccc(OCC(F)(F)C(F)C(F)(F)F)cc3)cc2)c1. The average molecular weight is 568 g/mol. The third-order valence-electron chi connectivity index (χ3n) is 5.10. The maximum atomic E-state index is 13.4. The van der Waals surface area contributed by atoms with E-state index < -0.39 is 36.8 Å². The minimum atomic E-state index is -5.74. The Morgan fingerprint density at radius 1 is 0.850 bits per heavy atom. The summed E-state index contributed by atoms with van der Waals surface area (Å²) in [5.41, 5.74) is 13.5. The van der Waals surface area contributed by atoms with Crippen molar-refractivity contribution < 1.29 is 50.1 Å². The van der Waals surface area contributed by atoms with Gasteiger partial charge in [0.25, 0.3) is 6.17 Å². The molecular weight excluding hydrogens is 546 g/mol. The first-order valence-electron chi connectivity index (χ1n) is 11.4. The van der Waals surface area contributed by atoms with Crippen LogP contribution >= 0.6 is 0 Å². The zero-order valence-corrected chi connectivity index (χ0v) is 20.5. The molecule has 4 N–H and O–H groups in total. The van der Waals surface area contributed by atoms with Crippen molar-refractivity contribution in [3.8, 4) is 11.5 Å². The van der Waals surface area contributed by atoms with Gasteiger partial charge in [-0.3, -0.25) is 0 Å². The maximum Gasteiger partial charge on any atom is 0.425 e. The summed E-state index contributed by atoms with van der Waals surface area (Å²) in [6.07, 6.45) is -7.45. The van der Waals surface area contributed by atoms with E-state index in [9.17, 15) is 35.9 Å². The highest BCUT2D eigenvalue weighted by Gasteiger charge is 2.57. The second kappa shape index (κ2) is 12.5. The zero-order valence-electron chi connectivity index (χ0n) is 20.5. The largest absolute Gasteiger partial charge is 0.487 e. The van der Waals surface area contributed by atoms with Crippen LogP contribution in [0.1, 0.15) is 21.5 Å². The monoisotopic (exact) mass is 568 g/mol. The molecule has 0 spiro atoms. The third kappa shape index (κ3) is 8.68. The molecule has 0 saturated carbocycles. The van der Waals surface area contributed by atoms with E-state index in [2.05, 4.69) is 4.74 Å². The molecule has 0 amide bonds. The van der Waals surface area contributed by atoms with E-state index in [1.165, 1.54) is 24.3 Å². The molecule has 0 bridgehead atoms. The Morgan fingerprint density at radius 2 is 1.43 bits per heavy atom. The molecule has 0 saturated heterocycles. The minimum absolute atomic E-state index is 0.0218. The Morgan fingerprint density at radius 3 is 2.00 bits per heavy atom. The number of carbonyl (C=O) groups excluding carboxylic acids is 2. The molecule has 0 aliphatic rings. The van der Waals surface area contributed by atoms with Gasteiger partial charge in [-0.1, -0.05) is 12.1 Å². The van der Waals surface area contributed by atoms with E-state index in [0.717, 1.165) is 24.3 Å². The van der Waals surface area contributed by atoms with E-state index in [0.29, 0.717) is 22.5 Å². The Labute approximate surface area is 223 Å². The molecule has 3 aromatic rings. The summed E-state index contributed by atoms with van der Waals surface area (Å²) in [4.78, 5) is 24.3. The molecule has 40 heavy (non-hydrogen) atoms. The van der Waals surface area contributed by atoms with Crippen molar-refractivity contribution >= 4 is 29.4 Å². The van der Waals surface area contributed by atoms with Crippen molar-refractivity contribution in [1.29, 1.82) is 0 Å². The Bertz CT molecular complexity index is 1340. The number of ether oxygens (including phenoxy) is 3. The van der Waals surface area contributed by atoms with E-state index >= 15 is 0 Å². The number of anilines is 2. The molecule has 212 valence electrons. The van der Waals surface area contributed by atoms with Gasteiger partial charge in [-0.2, -0.15) is 22.0 Å². The second-order valence-electron chi connectivity index (χ2n) is 8.39. The first-order chi connectivity index (χ1) is 18.7. The quantitative estimate of drug-likeness (QED) is 0.105. The predicted octanol–water partition coefficient (Wildman–Crippen LogP) is 5.74. The van der Waals surface area contributed by atoms with Gasteiger partial charge in [0.1, 0.15) is 18.1 Å². The average Bonchev–Trinajstić information content (AvgIpc) is 2.89. The highest BCUT2D eigenvalue weighted by atomic mass is 19.4. The van der Waals surface area contributed by atoms with Crippen LogP contribution in [0.25, 0.3) is 6.08 Å². The molecule has 1 unspecified atom stereocenters. The fourth-order valence-corrected chi connectivity index (χ4v) is 3.19. The minimum Gasteiger partial charge on any atom is -0.487 e. The van der Waals surface area contributed by atoms with E-state index in [1.807, 2.05) is 0 Å². The Kier molecular flexibility index (Phi) is 9.30. The predicted molar refractivity (Wildman–Crippen MR) is 133 cm³/mol. The van der Waals surface area contributed by atoms with E-state index in [1.54, 1.807) is 30.3 Å². The van der Waals surface area contributed by atoms with Crippen molar-refractivity contribution in [2.45, 2.75) is 24.9 Å². The van der Waals surface area contributed by atoms with Crippen molar-refractivity contribution in [3.63, 3.8) is 0 Å². The lowest BCUT2D eigenvalue weighted by atomic mass is 10.2. The lowest BCUT2D eigenvalue weighted by Gasteiger charge is -2.22. The number of hydrogen-bond acceptors (Lipinski definition) is 7. The summed E-state index contributed by atoms with van der Waals surface area (Å²) in [7, 11) is 0. The standard InChI is InChI=1S/C27H22F6N2O5/c28-25(27(31,32)33)26(29,30)15-39-21-8-4-18(5-9-21)24(37)40-22-6-1-16(2-7-22)3-10-23(36)38-14-17-11-19(34)13-20(35)12-17/h1-13,25H,14-15,34-35H2. The van der Waals surface area contributed by atoms with E-state index in [4.69, 9.17) is 20.9 Å². The number of esters is 2. The van der Waals surface area contributed by atoms with Gasteiger partial charge < -0.3 is 25.7 Å². The first kappa shape index (κ1) is 29.9. The first-order valence-corrected chi connectivity index (χ1v) is 11.4. The summed E-state index contributed by atoms with van der Waals surface area (Å²) in [5.74, 6) is -6.41. The summed E-state index contributed by atoms with van der Waals surface area (Å²) in [5, 5.41) is 0. The fraction of sp³-hybridized carbons (Fsp3) is 0.185. The van der Waals surface area contributed by atoms with Gasteiger partial charge >= 0.3 is 24.0 Å². The summed E-state index contributed by atoms with van der Waals surface area (Å²) < 4.78 is 91.1. The van der Waals surface area contributed by atoms with Crippen LogP contribution in [0.2, 0.25) is 0 Å². The molecule has 0 aromatic heterocycles. The van der Waals surface area contributed by atoms with Crippen LogP contribution in [-0.2, 0) is 16.1 Å². The molecule has 0 aliphatic heterocycles. The van der Waals surface area contributed by atoms with Crippen molar-refractivity contribution in [3.05, 3.63) is 89.5 Å². The normalized spacial score (nSPS) is 12.7. The molecule has 0 heterocycles. The topological polar surface area (TPSA) is 114 Å². The lowest BCUT2D eigenvalue weighted by Crippen LogP contribution is -2.45. The van der Waals surface area contributed by atoms with Crippen molar-refractivity contribution in [2.75, 3.05) is 18.1 Å². The van der Waals surface area contributed by atoms with Gasteiger partial charge in [0.2, 0.25) is 0 Å². The number of benzene rings is 3. The molecule has 3 aromatic carbocycles. The van der Waals surface area contributed by atoms with Crippen LogP contribution in [0.3, 0.4) is 0 Å². The van der Waals surface area contributed by atoms with Crippen LogP contribution in [0.4, 0.5) is 37.7 Å². The number of hydrogen-bond donors (Lipinski definition) is 2. The summed E-state index contributed by atoms with van der Waals surface area (Å²) in [6.45, 7) is -1.88. The lowest BCUT2D eigenvalue weighted by molar-refractivity contribution is -0.250. The number of carbonyl (C=O) groups is 2. The molecule has 13 heteroatoms. The van der Waals surface area contributed by atoms with Crippen LogP contribution in [0, 0.1) is 0 Å². The number of halogens is 6. The molecule has 3 rings (SSSR count). The van der Waals surface area contributed by atoms with Crippen LogP contribution < -0.4 is 20.9 Å². The molecule has 1 atom stereocenters. The summed E-state index contributed by atoms with van der Waals surface area (Å²) >= 11 is 0. The zero-order chi connectivity index (χ0) is 29.5. The number of nitrogen functional groups attached to an aromatic ring is 2. The van der Waals surface area contributed by atoms with Gasteiger partial charge in [0.05, 0.1) is 5.56 Å². The number of nitrogens with two attached hydrogens (primary N) is 2. The second-order valence-corrected chi connectivity index (χ2v) is 8.39. The Balaban J connectivity index is 1.49. The molecule has 0 fully saturated rings. The number of rotatable bonds is 10. The number of alkyl halides is 6. The highest BCUT2D eigenvalue weighted by molar-refractivity contribution is 5.91. The Hall–Kier alpha value is -4.68. The van der Waals surface area contributed by atoms with Crippen LogP contribution in [-0.4, -0.2) is 36.8 Å². The van der Waals surface area contributed by atoms with Gasteiger partial charge in [-0.15, -0.1) is 0 Å². The molecule has 0 aliphatic carbocycles. The fourth-order valence-electron chi connectivity index (χ4n) is 3.19. The van der Waals surface area contributed by atoms with Gasteiger partial charge in [-0.05, 0) is 71.8 Å². The summed E-state index contributed by atoms with van der Waals surface area (Å²) in [6, 6.07) is 15.2. The van der Waals surface area contributed by atoms with Crippen molar-refractivity contribution in [1.82, 2.24) is 0 Å². The maximum absolute atomic E-state index is 13.4. The van der Waals surface area contributed by atoms with Gasteiger partial charge in [-0.25, -0.2) is 14.0 Å². The molecule has 7 nitrogen and oxygen atoms in total. The van der Waals surface area contributed by atoms with E-state index in [-0.39, 0.29) is 23.7 Å². The van der Waals surface area contributed by atoms with Crippen LogP contribution in [0.15, 0.2) is 72.8 Å². The smallest absolute Gasteiger partial charge is 0.425 e. The van der Waals surface area contributed by atoms with Gasteiger partial charge in [0, 0.05) is 17.5 Å².